The Balaban J connectivity index is 1.45. The van der Waals surface area contributed by atoms with Gasteiger partial charge in [0.2, 0.25) is 5.91 Å². The van der Waals surface area contributed by atoms with E-state index in [1.807, 2.05) is 30.3 Å². The van der Waals surface area contributed by atoms with Crippen LogP contribution in [-0.4, -0.2) is 28.9 Å². The monoisotopic (exact) mass is 376 g/mol. The van der Waals surface area contributed by atoms with Crippen molar-refractivity contribution in [3.8, 4) is 6.07 Å². The van der Waals surface area contributed by atoms with Crippen molar-refractivity contribution in [1.29, 1.82) is 5.26 Å². The van der Waals surface area contributed by atoms with E-state index in [4.69, 9.17) is 0 Å². The standard InChI is InChI=1S/C22H24N4O2/c23-13-20(15-9-10-15)26-21(27)16-6-2-4-8-18(16)25-22(28)19-12-11-14-5-1-3-7-17(14)24-19/h1,3,5,7,11-12,15-16,18,20H,2,4,6,8-10H2,(H,25,28)(H,26,27)/t16-,18+,20-/m1/s1. The van der Waals surface area contributed by atoms with E-state index in [9.17, 15) is 14.9 Å². The Morgan fingerprint density at radius 3 is 2.64 bits per heavy atom. The molecule has 3 atom stereocenters. The molecule has 0 unspecified atom stereocenters. The highest BCUT2D eigenvalue weighted by Crippen LogP contribution is 2.33. The van der Waals surface area contributed by atoms with Gasteiger partial charge in [-0.3, -0.25) is 9.59 Å². The van der Waals surface area contributed by atoms with Crippen LogP contribution in [0.4, 0.5) is 0 Å². The summed E-state index contributed by atoms with van der Waals surface area (Å²) < 4.78 is 0. The van der Waals surface area contributed by atoms with Crippen LogP contribution in [0.15, 0.2) is 36.4 Å². The fourth-order valence-corrected chi connectivity index (χ4v) is 4.00. The zero-order chi connectivity index (χ0) is 19.5. The number of pyridine rings is 1. The lowest BCUT2D eigenvalue weighted by Crippen LogP contribution is -2.50. The zero-order valence-electron chi connectivity index (χ0n) is 15.7. The fraction of sp³-hybridized carbons (Fsp3) is 0.455. The summed E-state index contributed by atoms with van der Waals surface area (Å²) in [5, 5.41) is 16.2. The van der Waals surface area contributed by atoms with Gasteiger partial charge in [0, 0.05) is 11.4 Å². The number of nitrogens with zero attached hydrogens (tertiary/aromatic N) is 2. The number of hydrogen-bond acceptors (Lipinski definition) is 4. The van der Waals surface area contributed by atoms with Crippen molar-refractivity contribution in [2.24, 2.45) is 11.8 Å². The first-order valence-electron chi connectivity index (χ1n) is 10.0. The third kappa shape index (κ3) is 3.99. The highest BCUT2D eigenvalue weighted by atomic mass is 16.2. The van der Waals surface area contributed by atoms with Gasteiger partial charge < -0.3 is 10.6 Å². The van der Waals surface area contributed by atoms with Gasteiger partial charge >= 0.3 is 0 Å². The molecular formula is C22H24N4O2. The number of benzene rings is 1. The molecule has 2 aliphatic rings. The van der Waals surface area contributed by atoms with Gasteiger partial charge in [0.1, 0.15) is 11.7 Å². The predicted molar refractivity (Wildman–Crippen MR) is 105 cm³/mol. The molecule has 2 amide bonds. The molecule has 2 aromatic rings. The van der Waals surface area contributed by atoms with Crippen LogP contribution in [0, 0.1) is 23.2 Å². The number of carbonyl (C=O) groups excluding carboxylic acids is 2. The molecule has 1 heterocycles. The molecule has 6 heteroatoms. The molecule has 1 aromatic carbocycles. The van der Waals surface area contributed by atoms with E-state index >= 15 is 0 Å². The SMILES string of the molecule is N#C[C@@H](NC(=O)[C@@H]1CCCC[C@@H]1NC(=O)c1ccc2ccccc2n1)C1CC1. The Labute approximate surface area is 164 Å². The summed E-state index contributed by atoms with van der Waals surface area (Å²) in [4.78, 5) is 30.0. The van der Waals surface area contributed by atoms with Crippen LogP contribution in [-0.2, 0) is 4.79 Å². The summed E-state index contributed by atoms with van der Waals surface area (Å²) in [6.07, 6.45) is 5.42. The number of amides is 2. The summed E-state index contributed by atoms with van der Waals surface area (Å²) in [5.41, 5.74) is 1.13. The lowest BCUT2D eigenvalue weighted by Gasteiger charge is -2.31. The Morgan fingerprint density at radius 2 is 1.86 bits per heavy atom. The van der Waals surface area contributed by atoms with E-state index < -0.39 is 6.04 Å². The number of carbonyl (C=O) groups is 2. The van der Waals surface area contributed by atoms with Crippen LogP contribution in [0.3, 0.4) is 0 Å². The summed E-state index contributed by atoms with van der Waals surface area (Å²) >= 11 is 0. The second-order valence-corrected chi connectivity index (χ2v) is 7.81. The first-order valence-corrected chi connectivity index (χ1v) is 10.0. The topological polar surface area (TPSA) is 94.9 Å². The third-order valence-electron chi connectivity index (χ3n) is 5.78. The minimum absolute atomic E-state index is 0.116. The van der Waals surface area contributed by atoms with Crippen molar-refractivity contribution >= 4 is 22.7 Å². The molecule has 0 bridgehead atoms. The molecule has 28 heavy (non-hydrogen) atoms. The molecule has 6 nitrogen and oxygen atoms in total. The van der Waals surface area contributed by atoms with Gasteiger partial charge in [-0.25, -0.2) is 4.98 Å². The van der Waals surface area contributed by atoms with Gasteiger partial charge in [-0.2, -0.15) is 5.26 Å². The van der Waals surface area contributed by atoms with Crippen molar-refractivity contribution in [2.45, 2.75) is 50.6 Å². The van der Waals surface area contributed by atoms with Crippen molar-refractivity contribution in [3.05, 3.63) is 42.1 Å². The van der Waals surface area contributed by atoms with E-state index in [-0.39, 0.29) is 29.7 Å². The molecule has 0 saturated heterocycles. The van der Waals surface area contributed by atoms with Gasteiger partial charge in [-0.1, -0.05) is 37.1 Å². The Morgan fingerprint density at radius 1 is 1.07 bits per heavy atom. The molecule has 2 saturated carbocycles. The molecule has 144 valence electrons. The average molecular weight is 376 g/mol. The molecule has 2 aliphatic carbocycles. The Bertz CT molecular complexity index is 932. The third-order valence-corrected chi connectivity index (χ3v) is 5.78. The summed E-state index contributed by atoms with van der Waals surface area (Å²) in [7, 11) is 0. The second-order valence-electron chi connectivity index (χ2n) is 7.81. The molecule has 4 rings (SSSR count). The lowest BCUT2D eigenvalue weighted by atomic mass is 9.83. The van der Waals surface area contributed by atoms with Crippen LogP contribution in [0.25, 0.3) is 10.9 Å². The minimum Gasteiger partial charge on any atom is -0.347 e. The molecule has 1 aromatic heterocycles. The zero-order valence-corrected chi connectivity index (χ0v) is 15.7. The lowest BCUT2D eigenvalue weighted by molar-refractivity contribution is -0.127. The fourth-order valence-electron chi connectivity index (χ4n) is 4.00. The largest absolute Gasteiger partial charge is 0.347 e. The number of nitriles is 1. The van der Waals surface area contributed by atoms with Gasteiger partial charge in [0.25, 0.3) is 5.91 Å². The molecule has 0 spiro atoms. The van der Waals surface area contributed by atoms with Crippen molar-refractivity contribution in [3.63, 3.8) is 0 Å². The normalized spacial score (nSPS) is 22.8. The first-order chi connectivity index (χ1) is 13.7. The van der Waals surface area contributed by atoms with Crippen LogP contribution in [0.2, 0.25) is 0 Å². The van der Waals surface area contributed by atoms with Crippen molar-refractivity contribution in [2.75, 3.05) is 0 Å². The second kappa shape index (κ2) is 7.97. The summed E-state index contributed by atoms with van der Waals surface area (Å²) in [5.74, 6) is -0.385. The quantitative estimate of drug-likeness (QED) is 0.839. The van der Waals surface area contributed by atoms with E-state index in [1.54, 1.807) is 6.07 Å². The number of rotatable bonds is 5. The van der Waals surface area contributed by atoms with Gasteiger partial charge in [0.15, 0.2) is 0 Å². The molecular weight excluding hydrogens is 352 g/mol. The highest BCUT2D eigenvalue weighted by molar-refractivity contribution is 5.95. The van der Waals surface area contributed by atoms with Crippen molar-refractivity contribution in [1.82, 2.24) is 15.6 Å². The van der Waals surface area contributed by atoms with Crippen LogP contribution >= 0.6 is 0 Å². The van der Waals surface area contributed by atoms with Crippen LogP contribution < -0.4 is 10.6 Å². The number of fused-ring (bicyclic) bond motifs is 1. The number of para-hydroxylation sites is 1. The maximum absolute atomic E-state index is 12.8. The Hall–Kier alpha value is -2.94. The van der Waals surface area contributed by atoms with Gasteiger partial charge in [-0.15, -0.1) is 0 Å². The predicted octanol–water partition coefficient (Wildman–Crippen LogP) is 2.94. The van der Waals surface area contributed by atoms with E-state index in [0.29, 0.717) is 5.69 Å². The van der Waals surface area contributed by atoms with Gasteiger partial charge in [-0.05, 0) is 43.7 Å². The van der Waals surface area contributed by atoms with E-state index in [2.05, 4.69) is 21.7 Å². The van der Waals surface area contributed by atoms with Gasteiger partial charge in [0.05, 0.1) is 17.5 Å². The first kappa shape index (κ1) is 18.4. The van der Waals surface area contributed by atoms with E-state index in [1.165, 1.54) is 0 Å². The maximum atomic E-state index is 12.8. The van der Waals surface area contributed by atoms with Crippen LogP contribution in [0.5, 0.6) is 0 Å². The summed E-state index contributed by atoms with van der Waals surface area (Å²) in [6.45, 7) is 0. The Kier molecular flexibility index (Phi) is 5.25. The summed E-state index contributed by atoms with van der Waals surface area (Å²) in [6, 6.07) is 12.8. The highest BCUT2D eigenvalue weighted by Gasteiger charge is 2.37. The smallest absolute Gasteiger partial charge is 0.270 e. The van der Waals surface area contributed by atoms with E-state index in [0.717, 1.165) is 49.4 Å². The number of hydrogen-bond donors (Lipinski definition) is 2. The number of aromatic nitrogens is 1. The average Bonchev–Trinajstić information content (AvgIpc) is 3.57. The molecule has 0 aliphatic heterocycles. The molecule has 2 N–H and O–H groups in total. The maximum Gasteiger partial charge on any atom is 0.270 e. The number of nitrogens with one attached hydrogen (secondary N) is 2. The van der Waals surface area contributed by atoms with Crippen LogP contribution in [0.1, 0.15) is 49.0 Å². The molecule has 0 radical (unpaired) electrons. The van der Waals surface area contributed by atoms with Crippen molar-refractivity contribution < 1.29 is 9.59 Å². The minimum atomic E-state index is -0.409. The molecule has 2 fully saturated rings.